The Labute approximate surface area is 135 Å². The van der Waals surface area contributed by atoms with Crippen molar-refractivity contribution in [2.75, 3.05) is 12.4 Å². The van der Waals surface area contributed by atoms with Gasteiger partial charge < -0.3 is 5.32 Å². The zero-order valence-electron chi connectivity index (χ0n) is 11.8. The van der Waals surface area contributed by atoms with Gasteiger partial charge in [0.15, 0.2) is 11.5 Å². The molecule has 0 unspecified atom stereocenters. The molecule has 0 aliphatic heterocycles. The molecule has 1 N–H and O–H groups in total. The maximum atomic E-state index is 4.66. The SMILES string of the molecule is CNc1nc2ccccc2c2nnc(-c3ccc(Br)cc3)n12. The number of para-hydroxylation sites is 1. The van der Waals surface area contributed by atoms with Gasteiger partial charge in [-0.2, -0.15) is 0 Å². The van der Waals surface area contributed by atoms with Crippen molar-refractivity contribution < 1.29 is 0 Å². The Hall–Kier alpha value is -2.47. The molecule has 0 aliphatic rings. The first-order valence-electron chi connectivity index (χ1n) is 6.85. The van der Waals surface area contributed by atoms with Gasteiger partial charge in [-0.05, 0) is 24.3 Å². The summed E-state index contributed by atoms with van der Waals surface area (Å²) in [4.78, 5) is 4.66. The molecule has 4 aromatic rings. The first-order chi connectivity index (χ1) is 10.8. The van der Waals surface area contributed by atoms with E-state index in [2.05, 4.69) is 36.4 Å². The van der Waals surface area contributed by atoms with Gasteiger partial charge in [0.2, 0.25) is 5.95 Å². The molecule has 0 fully saturated rings. The summed E-state index contributed by atoms with van der Waals surface area (Å²) in [6.07, 6.45) is 0. The third-order valence-corrected chi connectivity index (χ3v) is 4.10. The van der Waals surface area contributed by atoms with Crippen molar-refractivity contribution in [2.45, 2.75) is 0 Å². The van der Waals surface area contributed by atoms with Gasteiger partial charge in [0.25, 0.3) is 0 Å². The molecule has 5 nitrogen and oxygen atoms in total. The van der Waals surface area contributed by atoms with E-state index in [0.29, 0.717) is 0 Å². The van der Waals surface area contributed by atoms with Crippen molar-refractivity contribution in [1.82, 2.24) is 19.6 Å². The van der Waals surface area contributed by atoms with Crippen LogP contribution in [0.2, 0.25) is 0 Å². The lowest BCUT2D eigenvalue weighted by Gasteiger charge is -2.08. The van der Waals surface area contributed by atoms with E-state index in [1.165, 1.54) is 0 Å². The van der Waals surface area contributed by atoms with E-state index in [4.69, 9.17) is 0 Å². The molecule has 2 aromatic carbocycles. The van der Waals surface area contributed by atoms with Crippen molar-refractivity contribution in [1.29, 1.82) is 0 Å². The zero-order chi connectivity index (χ0) is 15.1. The molecule has 0 aliphatic carbocycles. The highest BCUT2D eigenvalue weighted by Crippen LogP contribution is 2.27. The minimum atomic E-state index is 0.719. The lowest BCUT2D eigenvalue weighted by Crippen LogP contribution is -2.03. The lowest BCUT2D eigenvalue weighted by molar-refractivity contribution is 1.09. The fourth-order valence-corrected chi connectivity index (χ4v) is 2.80. The van der Waals surface area contributed by atoms with Crippen molar-refractivity contribution in [3.05, 3.63) is 53.0 Å². The van der Waals surface area contributed by atoms with E-state index in [1.807, 2.05) is 60.0 Å². The second kappa shape index (κ2) is 5.06. The molecule has 0 amide bonds. The van der Waals surface area contributed by atoms with E-state index in [-0.39, 0.29) is 0 Å². The Morgan fingerprint density at radius 2 is 1.77 bits per heavy atom. The number of rotatable bonds is 2. The van der Waals surface area contributed by atoms with Crippen LogP contribution < -0.4 is 5.32 Å². The largest absolute Gasteiger partial charge is 0.358 e. The van der Waals surface area contributed by atoms with E-state index in [0.717, 1.165) is 38.4 Å². The highest BCUT2D eigenvalue weighted by Gasteiger charge is 2.15. The Morgan fingerprint density at radius 3 is 2.55 bits per heavy atom. The summed E-state index contributed by atoms with van der Waals surface area (Å²) in [5.41, 5.74) is 2.69. The summed E-state index contributed by atoms with van der Waals surface area (Å²) in [7, 11) is 1.85. The van der Waals surface area contributed by atoms with Gasteiger partial charge in [0.05, 0.1) is 5.52 Å². The highest BCUT2D eigenvalue weighted by molar-refractivity contribution is 9.10. The van der Waals surface area contributed by atoms with Gasteiger partial charge in [-0.15, -0.1) is 10.2 Å². The number of anilines is 1. The second-order valence-electron chi connectivity index (χ2n) is 4.89. The molecule has 0 bridgehead atoms. The molecular formula is C16H12BrN5. The maximum absolute atomic E-state index is 4.66. The number of halogens is 1. The predicted octanol–water partition coefficient (Wildman–Crippen LogP) is 3.75. The van der Waals surface area contributed by atoms with Crippen LogP contribution in [0.1, 0.15) is 0 Å². The molecule has 2 aromatic heterocycles. The van der Waals surface area contributed by atoms with E-state index in [1.54, 1.807) is 0 Å². The molecule has 22 heavy (non-hydrogen) atoms. The van der Waals surface area contributed by atoms with Gasteiger partial charge in [-0.3, -0.25) is 0 Å². The molecule has 6 heteroatoms. The average molecular weight is 354 g/mol. The van der Waals surface area contributed by atoms with Crippen LogP contribution in [-0.2, 0) is 0 Å². The van der Waals surface area contributed by atoms with Crippen molar-refractivity contribution >= 4 is 38.4 Å². The molecule has 2 heterocycles. The number of aromatic nitrogens is 4. The van der Waals surface area contributed by atoms with Gasteiger partial charge in [0, 0.05) is 22.5 Å². The van der Waals surface area contributed by atoms with Crippen LogP contribution in [0.15, 0.2) is 53.0 Å². The number of nitrogens with zero attached hydrogens (tertiary/aromatic N) is 4. The van der Waals surface area contributed by atoms with Crippen molar-refractivity contribution in [2.24, 2.45) is 0 Å². The van der Waals surface area contributed by atoms with Gasteiger partial charge in [-0.1, -0.05) is 40.2 Å². The number of fused-ring (bicyclic) bond motifs is 3. The van der Waals surface area contributed by atoms with Gasteiger partial charge in [0.1, 0.15) is 0 Å². The Bertz CT molecular complexity index is 975. The maximum Gasteiger partial charge on any atom is 0.210 e. The first kappa shape index (κ1) is 13.2. The number of nitrogens with one attached hydrogen (secondary N) is 1. The van der Waals surface area contributed by atoms with E-state index in [9.17, 15) is 0 Å². The van der Waals surface area contributed by atoms with Crippen LogP contribution in [-0.4, -0.2) is 26.6 Å². The fraction of sp³-hybridized carbons (Fsp3) is 0.0625. The molecular weight excluding hydrogens is 342 g/mol. The second-order valence-corrected chi connectivity index (χ2v) is 5.81. The van der Waals surface area contributed by atoms with E-state index < -0.39 is 0 Å². The minimum Gasteiger partial charge on any atom is -0.358 e. The normalized spacial score (nSPS) is 11.2. The molecule has 0 radical (unpaired) electrons. The quantitative estimate of drug-likeness (QED) is 0.596. The topological polar surface area (TPSA) is 55.1 Å². The monoisotopic (exact) mass is 353 g/mol. The van der Waals surface area contributed by atoms with E-state index >= 15 is 0 Å². The van der Waals surface area contributed by atoms with Gasteiger partial charge in [-0.25, -0.2) is 9.38 Å². The Morgan fingerprint density at radius 1 is 1.00 bits per heavy atom. The summed E-state index contributed by atoms with van der Waals surface area (Å²) < 4.78 is 2.98. The summed E-state index contributed by atoms with van der Waals surface area (Å²) in [6.45, 7) is 0. The number of hydrogen-bond donors (Lipinski definition) is 1. The van der Waals surface area contributed by atoms with Crippen molar-refractivity contribution in [3.8, 4) is 11.4 Å². The first-order valence-corrected chi connectivity index (χ1v) is 7.65. The smallest absolute Gasteiger partial charge is 0.210 e. The molecule has 4 rings (SSSR count). The minimum absolute atomic E-state index is 0.719. The zero-order valence-corrected chi connectivity index (χ0v) is 13.4. The number of hydrogen-bond acceptors (Lipinski definition) is 4. The summed E-state index contributed by atoms with van der Waals surface area (Å²) in [6, 6.07) is 15.9. The highest BCUT2D eigenvalue weighted by atomic mass is 79.9. The predicted molar refractivity (Wildman–Crippen MR) is 91.0 cm³/mol. The van der Waals surface area contributed by atoms with Crippen LogP contribution >= 0.6 is 15.9 Å². The molecule has 0 atom stereocenters. The third-order valence-electron chi connectivity index (χ3n) is 3.57. The summed E-state index contributed by atoms with van der Waals surface area (Å²) >= 11 is 3.45. The van der Waals surface area contributed by atoms with Crippen LogP contribution in [0.5, 0.6) is 0 Å². The molecule has 0 saturated heterocycles. The van der Waals surface area contributed by atoms with Crippen LogP contribution in [0.3, 0.4) is 0 Å². The summed E-state index contributed by atoms with van der Waals surface area (Å²) in [5, 5.41) is 12.9. The van der Waals surface area contributed by atoms with Crippen LogP contribution in [0.25, 0.3) is 27.9 Å². The molecule has 108 valence electrons. The summed E-state index contributed by atoms with van der Waals surface area (Å²) in [5.74, 6) is 1.49. The Balaban J connectivity index is 2.09. The number of benzene rings is 2. The molecule has 0 saturated carbocycles. The fourth-order valence-electron chi connectivity index (χ4n) is 2.54. The molecule has 0 spiro atoms. The lowest BCUT2D eigenvalue weighted by atomic mass is 10.2. The van der Waals surface area contributed by atoms with Crippen LogP contribution in [0.4, 0.5) is 5.95 Å². The van der Waals surface area contributed by atoms with Crippen molar-refractivity contribution in [3.63, 3.8) is 0 Å². The average Bonchev–Trinajstić information content (AvgIpc) is 3.00. The van der Waals surface area contributed by atoms with Crippen LogP contribution in [0, 0.1) is 0 Å². The standard InChI is InChI=1S/C16H12BrN5/c1-18-16-19-13-5-3-2-4-12(13)15-21-20-14(22(15)16)10-6-8-11(17)9-7-10/h2-9H,1H3,(H,18,19). The Kier molecular flexibility index (Phi) is 3.04. The third kappa shape index (κ3) is 1.95. The van der Waals surface area contributed by atoms with Gasteiger partial charge >= 0.3 is 0 Å².